The van der Waals surface area contributed by atoms with Crippen molar-refractivity contribution < 1.29 is 0 Å². The molecule has 0 aliphatic rings. The van der Waals surface area contributed by atoms with Crippen LogP contribution < -0.4 is 0 Å². The number of hydrogen-bond acceptors (Lipinski definition) is 2. The molecule has 1 aromatic heterocycles. The van der Waals surface area contributed by atoms with Crippen molar-refractivity contribution in [1.29, 1.82) is 0 Å². The van der Waals surface area contributed by atoms with E-state index >= 15 is 0 Å². The molecule has 0 saturated carbocycles. The molecule has 13 heavy (non-hydrogen) atoms. The van der Waals surface area contributed by atoms with Crippen LogP contribution in [-0.4, -0.2) is 16.1 Å². The van der Waals surface area contributed by atoms with E-state index in [9.17, 15) is 0 Å². The fourth-order valence-electron chi connectivity index (χ4n) is 0.781. The number of hydrogen-bond donors (Lipinski definition) is 0. The Kier molecular flexibility index (Phi) is 3.43. The molecule has 0 radical (unpaired) electrons. The summed E-state index contributed by atoms with van der Waals surface area (Å²) in [6, 6.07) is 0. The summed E-state index contributed by atoms with van der Waals surface area (Å²) < 4.78 is 1.83. The van der Waals surface area contributed by atoms with Gasteiger partial charge in [-0.2, -0.15) is 0 Å². The van der Waals surface area contributed by atoms with E-state index in [0.717, 1.165) is 5.69 Å². The molecule has 1 rings (SSSR count). The van der Waals surface area contributed by atoms with Gasteiger partial charge in [0.1, 0.15) is 5.69 Å². The highest BCUT2D eigenvalue weighted by Crippen LogP contribution is 1.92. The highest BCUT2D eigenvalue weighted by Gasteiger charge is 1.89. The van der Waals surface area contributed by atoms with Crippen LogP contribution in [0.3, 0.4) is 0 Å². The van der Waals surface area contributed by atoms with E-state index in [2.05, 4.69) is 26.9 Å². The summed E-state index contributed by atoms with van der Waals surface area (Å²) in [5, 5.41) is 3.37. The highest BCUT2D eigenvalue weighted by atomic mass is 15.1. The maximum absolute atomic E-state index is 7.99. The third-order valence-electron chi connectivity index (χ3n) is 1.43. The molecule has 0 fully saturated rings. The van der Waals surface area contributed by atoms with Gasteiger partial charge in [0.05, 0.1) is 12.5 Å². The van der Waals surface area contributed by atoms with Crippen LogP contribution in [0.2, 0.25) is 0 Å². The van der Waals surface area contributed by atoms with Gasteiger partial charge in [-0.05, 0) is 11.5 Å². The van der Waals surface area contributed by atoms with Crippen LogP contribution in [0.25, 0.3) is 10.4 Å². The zero-order valence-corrected chi connectivity index (χ0v) is 7.30. The molecule has 5 nitrogen and oxygen atoms in total. The van der Waals surface area contributed by atoms with Crippen molar-refractivity contribution in [3.63, 3.8) is 0 Å². The lowest BCUT2D eigenvalue weighted by Crippen LogP contribution is -1.88. The Morgan fingerprint density at radius 2 is 2.62 bits per heavy atom. The molecular formula is C8H9N5. The second-order valence-electron chi connectivity index (χ2n) is 2.40. The highest BCUT2D eigenvalue weighted by molar-refractivity contribution is 5.25. The standard InChI is InChI=1S/C8H9N5/c1-13-7-10-6-8(13)4-2-3-5-11-12-9/h6-7H,3,5H2,1H3. The first-order valence-corrected chi connectivity index (χ1v) is 3.80. The molecule has 0 bridgehead atoms. The summed E-state index contributed by atoms with van der Waals surface area (Å²) in [5.41, 5.74) is 8.85. The van der Waals surface area contributed by atoms with Gasteiger partial charge in [0.2, 0.25) is 0 Å². The Balaban J connectivity index is 2.48. The van der Waals surface area contributed by atoms with Crippen LogP contribution in [0.1, 0.15) is 12.1 Å². The fourth-order valence-corrected chi connectivity index (χ4v) is 0.781. The van der Waals surface area contributed by atoms with Gasteiger partial charge >= 0.3 is 0 Å². The second kappa shape index (κ2) is 4.86. The number of rotatable bonds is 2. The minimum atomic E-state index is 0.418. The van der Waals surface area contributed by atoms with Gasteiger partial charge in [-0.1, -0.05) is 11.0 Å². The van der Waals surface area contributed by atoms with E-state index in [1.165, 1.54) is 0 Å². The molecule has 0 spiro atoms. The Morgan fingerprint density at radius 1 is 1.77 bits per heavy atom. The third kappa shape index (κ3) is 2.89. The molecule has 1 heterocycles. The number of nitrogens with zero attached hydrogens (tertiary/aromatic N) is 5. The molecule has 5 heteroatoms. The number of imidazole rings is 1. The SMILES string of the molecule is Cn1cncc1C#CCCN=[N+]=[N-]. The molecule has 0 aliphatic heterocycles. The van der Waals surface area contributed by atoms with Crippen LogP contribution in [0.5, 0.6) is 0 Å². The maximum Gasteiger partial charge on any atom is 0.111 e. The predicted molar refractivity (Wildman–Crippen MR) is 48.7 cm³/mol. The zero-order valence-electron chi connectivity index (χ0n) is 7.30. The molecule has 0 unspecified atom stereocenters. The van der Waals surface area contributed by atoms with Crippen LogP contribution in [0.4, 0.5) is 0 Å². The van der Waals surface area contributed by atoms with Crippen molar-refractivity contribution >= 4 is 0 Å². The molecule has 0 saturated heterocycles. The summed E-state index contributed by atoms with van der Waals surface area (Å²) >= 11 is 0. The Bertz CT molecular complexity index is 375. The average Bonchev–Trinajstić information content (AvgIpc) is 2.52. The predicted octanol–water partition coefficient (Wildman–Crippen LogP) is 1.47. The maximum atomic E-state index is 7.99. The van der Waals surface area contributed by atoms with Gasteiger partial charge < -0.3 is 4.57 Å². The summed E-state index contributed by atoms with van der Waals surface area (Å²) in [6.07, 6.45) is 3.97. The van der Waals surface area contributed by atoms with E-state index < -0.39 is 0 Å². The first-order chi connectivity index (χ1) is 6.34. The zero-order chi connectivity index (χ0) is 9.52. The monoisotopic (exact) mass is 175 g/mol. The first-order valence-electron chi connectivity index (χ1n) is 3.80. The van der Waals surface area contributed by atoms with Gasteiger partial charge in [0.25, 0.3) is 0 Å². The van der Waals surface area contributed by atoms with E-state index in [1.807, 2.05) is 11.6 Å². The minimum absolute atomic E-state index is 0.418. The second-order valence-corrected chi connectivity index (χ2v) is 2.40. The summed E-state index contributed by atoms with van der Waals surface area (Å²) in [7, 11) is 1.88. The summed E-state index contributed by atoms with van der Waals surface area (Å²) in [5.74, 6) is 5.81. The molecular weight excluding hydrogens is 166 g/mol. The van der Waals surface area contributed by atoms with Crippen LogP contribution in [0, 0.1) is 11.8 Å². The smallest absolute Gasteiger partial charge is 0.111 e. The number of aryl methyl sites for hydroxylation is 1. The molecule has 0 aliphatic carbocycles. The quantitative estimate of drug-likeness (QED) is 0.220. The average molecular weight is 175 g/mol. The van der Waals surface area contributed by atoms with E-state index in [4.69, 9.17) is 5.53 Å². The molecule has 66 valence electrons. The molecule has 0 N–H and O–H groups in total. The van der Waals surface area contributed by atoms with Crippen LogP contribution >= 0.6 is 0 Å². The molecule has 0 amide bonds. The molecule has 1 aromatic rings. The van der Waals surface area contributed by atoms with Gasteiger partial charge in [0, 0.05) is 24.9 Å². The third-order valence-corrected chi connectivity index (χ3v) is 1.43. The Hall–Kier alpha value is -1.92. The van der Waals surface area contributed by atoms with Crippen molar-refractivity contribution in [1.82, 2.24) is 9.55 Å². The Labute approximate surface area is 76.0 Å². The van der Waals surface area contributed by atoms with E-state index in [1.54, 1.807) is 12.5 Å². The number of aromatic nitrogens is 2. The van der Waals surface area contributed by atoms with Crippen molar-refractivity contribution in [3.05, 3.63) is 28.7 Å². The summed E-state index contributed by atoms with van der Waals surface area (Å²) in [6.45, 7) is 0.418. The van der Waals surface area contributed by atoms with Crippen LogP contribution in [-0.2, 0) is 7.05 Å². The largest absolute Gasteiger partial charge is 0.327 e. The normalized spacial score (nSPS) is 8.38. The van der Waals surface area contributed by atoms with Gasteiger partial charge in [-0.25, -0.2) is 4.98 Å². The lowest BCUT2D eigenvalue weighted by molar-refractivity contribution is 0.898. The van der Waals surface area contributed by atoms with Gasteiger partial charge in [-0.15, -0.1) is 0 Å². The van der Waals surface area contributed by atoms with E-state index in [-0.39, 0.29) is 0 Å². The van der Waals surface area contributed by atoms with Crippen molar-refractivity contribution in [2.45, 2.75) is 6.42 Å². The van der Waals surface area contributed by atoms with Crippen LogP contribution in [0.15, 0.2) is 17.6 Å². The first kappa shape index (κ1) is 9.17. The minimum Gasteiger partial charge on any atom is -0.327 e. The summed E-state index contributed by atoms with van der Waals surface area (Å²) in [4.78, 5) is 6.54. The van der Waals surface area contributed by atoms with Crippen molar-refractivity contribution in [2.24, 2.45) is 12.2 Å². The lowest BCUT2D eigenvalue weighted by atomic mass is 10.4. The van der Waals surface area contributed by atoms with Gasteiger partial charge in [-0.3, -0.25) is 0 Å². The topological polar surface area (TPSA) is 66.6 Å². The van der Waals surface area contributed by atoms with Crippen molar-refractivity contribution in [2.75, 3.05) is 6.54 Å². The molecule has 0 aromatic carbocycles. The molecule has 0 atom stereocenters. The fraction of sp³-hybridized carbons (Fsp3) is 0.375. The van der Waals surface area contributed by atoms with E-state index in [0.29, 0.717) is 13.0 Å². The number of azide groups is 1. The van der Waals surface area contributed by atoms with Gasteiger partial charge in [0.15, 0.2) is 0 Å². The lowest BCUT2D eigenvalue weighted by Gasteiger charge is -1.88. The van der Waals surface area contributed by atoms with Crippen molar-refractivity contribution in [3.8, 4) is 11.8 Å². The Morgan fingerprint density at radius 3 is 3.23 bits per heavy atom.